The predicted molar refractivity (Wildman–Crippen MR) is 75.2 cm³/mol. The van der Waals surface area contributed by atoms with Gasteiger partial charge in [-0.2, -0.15) is 5.10 Å². The van der Waals surface area contributed by atoms with Gasteiger partial charge in [-0.25, -0.2) is 0 Å². The topological polar surface area (TPSA) is 53.1 Å². The number of halogens is 1. The Labute approximate surface area is 117 Å². The predicted octanol–water partition coefficient (Wildman–Crippen LogP) is 2.73. The number of methoxy groups -OCH3 is 1. The number of ether oxygens (including phenoxy) is 1. The highest BCUT2D eigenvalue weighted by Crippen LogP contribution is 2.40. The van der Waals surface area contributed by atoms with Gasteiger partial charge in [-0.1, -0.05) is 19.8 Å². The van der Waals surface area contributed by atoms with E-state index >= 15 is 0 Å². The molecule has 1 aliphatic rings. The van der Waals surface area contributed by atoms with E-state index in [2.05, 4.69) is 28.0 Å². The van der Waals surface area contributed by atoms with Gasteiger partial charge in [0.15, 0.2) is 0 Å². The molecule has 0 radical (unpaired) electrons. The molecule has 1 aliphatic carbocycles. The molecule has 0 spiro atoms. The van der Waals surface area contributed by atoms with Gasteiger partial charge in [0.2, 0.25) is 0 Å². The van der Waals surface area contributed by atoms with Crippen molar-refractivity contribution in [2.24, 2.45) is 17.6 Å². The van der Waals surface area contributed by atoms with Crippen LogP contribution in [-0.2, 0) is 11.3 Å². The first kappa shape index (κ1) is 14.0. The Kier molecular flexibility index (Phi) is 4.81. The standard InChI is InChI=1S/C13H22BrN3O/c1-9-4-3-5-10(9)12(15)13-11(14)8-16-17(13)6-7-18-2/h8-10,12H,3-7,15H2,1-2H3. The van der Waals surface area contributed by atoms with Crippen LogP contribution in [0.25, 0.3) is 0 Å². The highest BCUT2D eigenvalue weighted by Gasteiger charge is 2.32. The van der Waals surface area contributed by atoms with Crippen molar-refractivity contribution in [1.29, 1.82) is 0 Å². The quantitative estimate of drug-likeness (QED) is 0.909. The largest absolute Gasteiger partial charge is 0.383 e. The molecule has 1 fully saturated rings. The van der Waals surface area contributed by atoms with Crippen LogP contribution in [0.2, 0.25) is 0 Å². The zero-order valence-corrected chi connectivity index (χ0v) is 12.7. The fourth-order valence-corrected chi connectivity index (χ4v) is 3.53. The molecule has 3 atom stereocenters. The summed E-state index contributed by atoms with van der Waals surface area (Å²) < 4.78 is 8.11. The Hall–Kier alpha value is -0.390. The number of nitrogens with zero attached hydrogens (tertiary/aromatic N) is 2. The minimum Gasteiger partial charge on any atom is -0.383 e. The molecular weight excluding hydrogens is 294 g/mol. The fraction of sp³-hybridized carbons (Fsp3) is 0.769. The van der Waals surface area contributed by atoms with Crippen LogP contribution in [0.4, 0.5) is 0 Å². The third-order valence-electron chi connectivity index (χ3n) is 4.05. The first-order chi connectivity index (χ1) is 8.65. The van der Waals surface area contributed by atoms with E-state index in [-0.39, 0.29) is 6.04 Å². The number of aromatic nitrogens is 2. The van der Waals surface area contributed by atoms with Gasteiger partial charge >= 0.3 is 0 Å². The maximum atomic E-state index is 6.48. The molecule has 0 amide bonds. The van der Waals surface area contributed by atoms with Gasteiger partial charge in [0.25, 0.3) is 0 Å². The van der Waals surface area contributed by atoms with Crippen molar-refractivity contribution in [3.8, 4) is 0 Å². The third-order valence-corrected chi connectivity index (χ3v) is 4.66. The minimum atomic E-state index is 0.0660. The Balaban J connectivity index is 2.17. The maximum Gasteiger partial charge on any atom is 0.0697 e. The summed E-state index contributed by atoms with van der Waals surface area (Å²) in [6, 6.07) is 0.0660. The second-order valence-electron chi connectivity index (χ2n) is 5.19. The van der Waals surface area contributed by atoms with E-state index in [9.17, 15) is 0 Å². The Morgan fingerprint density at radius 2 is 2.39 bits per heavy atom. The summed E-state index contributed by atoms with van der Waals surface area (Å²) >= 11 is 3.57. The lowest BCUT2D eigenvalue weighted by molar-refractivity contribution is 0.180. The smallest absolute Gasteiger partial charge is 0.0697 e. The second-order valence-corrected chi connectivity index (χ2v) is 6.05. The minimum absolute atomic E-state index is 0.0660. The molecule has 18 heavy (non-hydrogen) atoms. The van der Waals surface area contributed by atoms with Crippen molar-refractivity contribution < 1.29 is 4.74 Å². The summed E-state index contributed by atoms with van der Waals surface area (Å²) in [6.07, 6.45) is 5.65. The van der Waals surface area contributed by atoms with Gasteiger partial charge in [-0.05, 0) is 34.2 Å². The van der Waals surface area contributed by atoms with Gasteiger partial charge in [0, 0.05) is 7.11 Å². The summed E-state index contributed by atoms with van der Waals surface area (Å²) in [5.74, 6) is 1.27. The van der Waals surface area contributed by atoms with Crippen molar-refractivity contribution in [2.45, 2.75) is 38.8 Å². The lowest BCUT2D eigenvalue weighted by Gasteiger charge is -2.24. The van der Waals surface area contributed by atoms with E-state index in [1.165, 1.54) is 19.3 Å². The summed E-state index contributed by atoms with van der Waals surface area (Å²) in [7, 11) is 1.71. The van der Waals surface area contributed by atoms with Crippen LogP contribution in [0, 0.1) is 11.8 Å². The average molecular weight is 316 g/mol. The van der Waals surface area contributed by atoms with Gasteiger partial charge < -0.3 is 10.5 Å². The first-order valence-corrected chi connectivity index (χ1v) is 7.40. The molecule has 0 bridgehead atoms. The molecule has 0 aromatic carbocycles. The second kappa shape index (κ2) is 6.17. The van der Waals surface area contributed by atoms with Crippen LogP contribution in [0.15, 0.2) is 10.7 Å². The molecule has 2 N–H and O–H groups in total. The van der Waals surface area contributed by atoms with E-state index in [0.29, 0.717) is 18.4 Å². The molecule has 5 heteroatoms. The molecule has 1 heterocycles. The zero-order chi connectivity index (χ0) is 13.1. The summed E-state index contributed by atoms with van der Waals surface area (Å²) in [6.45, 7) is 3.72. The van der Waals surface area contributed by atoms with Gasteiger partial charge in [-0.3, -0.25) is 4.68 Å². The first-order valence-electron chi connectivity index (χ1n) is 6.61. The Morgan fingerprint density at radius 1 is 1.61 bits per heavy atom. The average Bonchev–Trinajstić information content (AvgIpc) is 2.92. The molecular formula is C13H22BrN3O. The number of nitrogens with two attached hydrogens (primary N) is 1. The third kappa shape index (κ3) is 2.78. The van der Waals surface area contributed by atoms with Crippen molar-refractivity contribution >= 4 is 15.9 Å². The lowest BCUT2D eigenvalue weighted by Crippen LogP contribution is -2.27. The van der Waals surface area contributed by atoms with Crippen LogP contribution in [0.5, 0.6) is 0 Å². The van der Waals surface area contributed by atoms with E-state index < -0.39 is 0 Å². The zero-order valence-electron chi connectivity index (χ0n) is 11.1. The van der Waals surface area contributed by atoms with Crippen LogP contribution in [0.1, 0.15) is 37.9 Å². The molecule has 0 saturated heterocycles. The van der Waals surface area contributed by atoms with E-state index in [1.807, 2.05) is 10.9 Å². The Morgan fingerprint density at radius 3 is 3.00 bits per heavy atom. The van der Waals surface area contributed by atoms with Crippen molar-refractivity contribution in [1.82, 2.24) is 9.78 Å². The summed E-state index contributed by atoms with van der Waals surface area (Å²) in [5.41, 5.74) is 7.59. The van der Waals surface area contributed by atoms with E-state index in [0.717, 1.165) is 16.7 Å². The molecule has 1 aromatic heterocycles. The highest BCUT2D eigenvalue weighted by molar-refractivity contribution is 9.10. The van der Waals surface area contributed by atoms with Crippen LogP contribution in [-0.4, -0.2) is 23.5 Å². The highest BCUT2D eigenvalue weighted by atomic mass is 79.9. The van der Waals surface area contributed by atoms with Crippen molar-refractivity contribution in [3.63, 3.8) is 0 Å². The fourth-order valence-electron chi connectivity index (χ4n) is 2.97. The van der Waals surface area contributed by atoms with Crippen LogP contribution < -0.4 is 5.73 Å². The van der Waals surface area contributed by atoms with Gasteiger partial charge in [-0.15, -0.1) is 0 Å². The summed E-state index contributed by atoms with van der Waals surface area (Å²) in [5, 5.41) is 4.38. The monoisotopic (exact) mass is 315 g/mol. The van der Waals surface area contributed by atoms with Crippen LogP contribution in [0.3, 0.4) is 0 Å². The van der Waals surface area contributed by atoms with Crippen molar-refractivity contribution in [2.75, 3.05) is 13.7 Å². The molecule has 1 saturated carbocycles. The normalized spacial score (nSPS) is 25.6. The molecule has 3 unspecified atom stereocenters. The lowest BCUT2D eigenvalue weighted by atomic mass is 9.89. The summed E-state index contributed by atoms with van der Waals surface area (Å²) in [4.78, 5) is 0. The molecule has 1 aromatic rings. The van der Waals surface area contributed by atoms with Gasteiger partial charge in [0.05, 0.1) is 35.6 Å². The molecule has 0 aliphatic heterocycles. The number of hydrogen-bond donors (Lipinski definition) is 1. The van der Waals surface area contributed by atoms with Crippen molar-refractivity contribution in [3.05, 3.63) is 16.4 Å². The van der Waals surface area contributed by atoms with E-state index in [1.54, 1.807) is 7.11 Å². The molecule has 2 rings (SSSR count). The number of hydrogen-bond acceptors (Lipinski definition) is 3. The number of rotatable bonds is 5. The van der Waals surface area contributed by atoms with E-state index in [4.69, 9.17) is 10.5 Å². The molecule has 102 valence electrons. The van der Waals surface area contributed by atoms with Gasteiger partial charge in [0.1, 0.15) is 0 Å². The molecule has 4 nitrogen and oxygen atoms in total. The van der Waals surface area contributed by atoms with Crippen LogP contribution >= 0.6 is 15.9 Å². The SMILES string of the molecule is COCCn1ncc(Br)c1C(N)C1CCCC1C. The Bertz CT molecular complexity index is 394. The maximum absolute atomic E-state index is 6.48.